The van der Waals surface area contributed by atoms with Crippen LogP contribution in [0, 0.1) is 5.82 Å². The van der Waals surface area contributed by atoms with Crippen LogP contribution >= 0.6 is 0 Å². The van der Waals surface area contributed by atoms with Crippen LogP contribution in [0.4, 0.5) is 4.39 Å². The summed E-state index contributed by atoms with van der Waals surface area (Å²) in [4.78, 5) is 22.5. The van der Waals surface area contributed by atoms with Gasteiger partial charge in [0.15, 0.2) is 5.76 Å². The smallest absolute Gasteiger partial charge is 0.334 e. The van der Waals surface area contributed by atoms with Crippen LogP contribution in [-0.2, 0) is 19.1 Å². The first kappa shape index (κ1) is 12.0. The van der Waals surface area contributed by atoms with Crippen LogP contribution in [-0.4, -0.2) is 18.9 Å². The van der Waals surface area contributed by atoms with Crippen LogP contribution in [0.3, 0.4) is 0 Å². The minimum atomic E-state index is -0.674. The molecule has 1 aliphatic rings. The molecule has 0 N–H and O–H groups in total. The fourth-order valence-electron chi connectivity index (χ4n) is 1.41. The number of hydrogen-bond donors (Lipinski definition) is 0. The number of esters is 1. The second-order valence-electron chi connectivity index (χ2n) is 3.51. The maximum atomic E-state index is 12.7. The monoisotopic (exact) mass is 248 g/mol. The number of ether oxygens (including phenoxy) is 2. The molecule has 0 saturated carbocycles. The van der Waals surface area contributed by atoms with Gasteiger partial charge in [0.05, 0.1) is 13.2 Å². The van der Waals surface area contributed by atoms with E-state index in [4.69, 9.17) is 4.74 Å². The highest BCUT2D eigenvalue weighted by atomic mass is 19.1. The minimum Gasteiger partial charge on any atom is -0.466 e. The van der Waals surface area contributed by atoms with Crippen LogP contribution in [0.5, 0.6) is 0 Å². The van der Waals surface area contributed by atoms with Gasteiger partial charge in [0, 0.05) is 11.6 Å². The highest BCUT2D eigenvalue weighted by molar-refractivity contribution is 6.12. The minimum absolute atomic E-state index is 0.110. The number of halogens is 1. The first-order valence-corrected chi connectivity index (χ1v) is 5.09. The van der Waals surface area contributed by atoms with E-state index in [1.54, 1.807) is 0 Å². The van der Waals surface area contributed by atoms with Crippen molar-refractivity contribution in [3.8, 4) is 0 Å². The summed E-state index contributed by atoms with van der Waals surface area (Å²) in [6, 6.07) is 5.48. The Morgan fingerprint density at radius 2 is 2.00 bits per heavy atom. The second-order valence-corrected chi connectivity index (χ2v) is 3.51. The van der Waals surface area contributed by atoms with Gasteiger partial charge in [0.1, 0.15) is 11.6 Å². The molecule has 1 aromatic rings. The van der Waals surface area contributed by atoms with Crippen molar-refractivity contribution in [1.29, 1.82) is 0 Å². The lowest BCUT2D eigenvalue weighted by molar-refractivity contribution is -0.135. The lowest BCUT2D eigenvalue weighted by Crippen LogP contribution is -2.01. The summed E-state index contributed by atoms with van der Waals surface area (Å²) in [6.45, 7) is 0. The van der Waals surface area contributed by atoms with Crippen molar-refractivity contribution in [3.05, 3.63) is 53.6 Å². The zero-order valence-electron chi connectivity index (χ0n) is 9.48. The van der Waals surface area contributed by atoms with Crippen molar-refractivity contribution in [2.24, 2.45) is 0 Å². The summed E-state index contributed by atoms with van der Waals surface area (Å²) in [5.41, 5.74) is 0.554. The molecule has 0 radical (unpaired) electrons. The van der Waals surface area contributed by atoms with Crippen LogP contribution in [0.15, 0.2) is 42.2 Å². The molecule has 0 fully saturated rings. The zero-order valence-corrected chi connectivity index (χ0v) is 9.48. The summed E-state index contributed by atoms with van der Waals surface area (Å²) in [5, 5.41) is 0. The molecule has 0 saturated heterocycles. The molecule has 0 aromatic heterocycles. The van der Waals surface area contributed by atoms with Crippen molar-refractivity contribution in [3.63, 3.8) is 0 Å². The van der Waals surface area contributed by atoms with Gasteiger partial charge in [-0.05, 0) is 24.3 Å². The third-order valence-corrected chi connectivity index (χ3v) is 2.30. The first-order valence-electron chi connectivity index (χ1n) is 5.09. The predicted molar refractivity (Wildman–Crippen MR) is 60.6 cm³/mol. The maximum absolute atomic E-state index is 12.7. The van der Waals surface area contributed by atoms with Crippen LogP contribution in [0.25, 0.3) is 5.76 Å². The third kappa shape index (κ3) is 2.45. The van der Waals surface area contributed by atoms with E-state index >= 15 is 0 Å². The Balaban J connectivity index is 2.22. The molecule has 18 heavy (non-hydrogen) atoms. The van der Waals surface area contributed by atoms with Gasteiger partial charge in [-0.25, -0.2) is 9.18 Å². The van der Waals surface area contributed by atoms with Crippen LogP contribution in [0.2, 0.25) is 0 Å². The summed E-state index contributed by atoms with van der Waals surface area (Å²) in [6.07, 6.45) is 2.21. The Morgan fingerprint density at radius 1 is 1.33 bits per heavy atom. The maximum Gasteiger partial charge on any atom is 0.334 e. The fraction of sp³-hybridized carbons (Fsp3) is 0.0769. The van der Waals surface area contributed by atoms with Crippen molar-refractivity contribution >= 4 is 17.5 Å². The van der Waals surface area contributed by atoms with Gasteiger partial charge in [-0.1, -0.05) is 0 Å². The molecule has 0 amide bonds. The summed E-state index contributed by atoms with van der Waals surface area (Å²) >= 11 is 0. The van der Waals surface area contributed by atoms with Gasteiger partial charge >= 0.3 is 5.97 Å². The Bertz CT molecular complexity index is 555. The lowest BCUT2D eigenvalue weighted by atomic mass is 10.2. The highest BCUT2D eigenvalue weighted by Crippen LogP contribution is 2.26. The number of rotatable bonds is 2. The molecule has 92 valence electrons. The normalized spacial score (nSPS) is 16.4. The SMILES string of the molecule is COC(=O)/C=C1\OC(c2ccc(F)cc2)=CC1=O. The van der Waals surface area contributed by atoms with Gasteiger partial charge in [0.2, 0.25) is 5.78 Å². The molecular weight excluding hydrogens is 239 g/mol. The Labute approximate surface area is 102 Å². The topological polar surface area (TPSA) is 52.6 Å². The quantitative estimate of drug-likeness (QED) is 0.591. The number of carbonyl (C=O) groups excluding carboxylic acids is 2. The van der Waals surface area contributed by atoms with Gasteiger partial charge in [-0.2, -0.15) is 0 Å². The van der Waals surface area contributed by atoms with Crippen molar-refractivity contribution in [2.45, 2.75) is 0 Å². The average Bonchev–Trinajstić information content (AvgIpc) is 2.71. The molecule has 4 nitrogen and oxygen atoms in total. The van der Waals surface area contributed by atoms with E-state index in [-0.39, 0.29) is 17.3 Å². The number of ketones is 1. The highest BCUT2D eigenvalue weighted by Gasteiger charge is 2.23. The predicted octanol–water partition coefficient (Wildman–Crippen LogP) is 1.82. The van der Waals surface area contributed by atoms with Gasteiger partial charge in [-0.15, -0.1) is 0 Å². The zero-order chi connectivity index (χ0) is 13.1. The number of benzene rings is 1. The van der Waals surface area contributed by atoms with E-state index in [0.29, 0.717) is 5.56 Å². The first-order chi connectivity index (χ1) is 8.60. The standard InChI is InChI=1S/C13H9FO4/c1-17-13(16)7-12-10(15)6-11(18-12)8-2-4-9(14)5-3-8/h2-7H,1H3/b12-7-. The summed E-state index contributed by atoms with van der Waals surface area (Å²) < 4.78 is 22.4. The van der Waals surface area contributed by atoms with E-state index in [2.05, 4.69) is 4.74 Å². The molecule has 2 rings (SSSR count). The molecule has 0 bridgehead atoms. The molecule has 1 heterocycles. The number of hydrogen-bond acceptors (Lipinski definition) is 4. The summed E-state index contributed by atoms with van der Waals surface area (Å²) in [5.74, 6) is -1.32. The number of allylic oxidation sites excluding steroid dienone is 1. The van der Waals surface area contributed by atoms with Crippen LogP contribution in [0.1, 0.15) is 5.56 Å². The molecule has 5 heteroatoms. The lowest BCUT2D eigenvalue weighted by Gasteiger charge is -2.03. The second kappa shape index (κ2) is 4.83. The Hall–Kier alpha value is -2.43. The van der Waals surface area contributed by atoms with Gasteiger partial charge in [0.25, 0.3) is 0 Å². The molecule has 0 atom stereocenters. The molecule has 0 unspecified atom stereocenters. The van der Waals surface area contributed by atoms with E-state index in [9.17, 15) is 14.0 Å². The molecule has 1 aromatic carbocycles. The van der Waals surface area contributed by atoms with Gasteiger partial charge < -0.3 is 9.47 Å². The van der Waals surface area contributed by atoms with E-state index in [0.717, 1.165) is 6.08 Å². The van der Waals surface area contributed by atoms with Crippen LogP contribution < -0.4 is 0 Å². The fourth-order valence-corrected chi connectivity index (χ4v) is 1.41. The Kier molecular flexibility index (Phi) is 3.23. The molecular formula is C13H9FO4. The van der Waals surface area contributed by atoms with E-state index in [1.807, 2.05) is 0 Å². The third-order valence-electron chi connectivity index (χ3n) is 2.30. The molecule has 1 aliphatic heterocycles. The van der Waals surface area contributed by atoms with Gasteiger partial charge in [-0.3, -0.25) is 4.79 Å². The number of carbonyl (C=O) groups is 2. The van der Waals surface area contributed by atoms with E-state index < -0.39 is 11.8 Å². The molecule has 0 spiro atoms. The molecule has 0 aliphatic carbocycles. The Morgan fingerprint density at radius 3 is 2.61 bits per heavy atom. The number of methoxy groups -OCH3 is 1. The summed E-state index contributed by atoms with van der Waals surface area (Å²) in [7, 11) is 1.20. The van der Waals surface area contributed by atoms with Crippen molar-refractivity contribution in [1.82, 2.24) is 0 Å². The van der Waals surface area contributed by atoms with E-state index in [1.165, 1.54) is 37.5 Å². The van der Waals surface area contributed by atoms with Crippen molar-refractivity contribution < 1.29 is 23.5 Å². The average molecular weight is 248 g/mol. The van der Waals surface area contributed by atoms with Crippen molar-refractivity contribution in [2.75, 3.05) is 7.11 Å². The largest absolute Gasteiger partial charge is 0.466 e.